The van der Waals surface area contributed by atoms with Crippen LogP contribution in [0.4, 0.5) is 5.82 Å². The van der Waals surface area contributed by atoms with Gasteiger partial charge in [-0.1, -0.05) is 18.2 Å². The Kier molecular flexibility index (Phi) is 3.79. The van der Waals surface area contributed by atoms with Gasteiger partial charge in [0.25, 0.3) is 5.91 Å². The molecule has 1 aromatic carbocycles. The Morgan fingerprint density at radius 3 is 2.86 bits per heavy atom. The molecule has 3 rings (SSSR count). The number of hydrogen-bond acceptors (Lipinski definition) is 6. The Hall–Kier alpha value is -2.81. The molecular formula is C13H12N6O2S. The summed E-state index contributed by atoms with van der Waals surface area (Å²) in [7, 11) is 0. The molecule has 0 fully saturated rings. The zero-order valence-corrected chi connectivity index (χ0v) is 12.4. The quantitative estimate of drug-likeness (QED) is 0.716. The molecule has 0 spiro atoms. The molecule has 1 amide bonds. The van der Waals surface area contributed by atoms with Crippen LogP contribution >= 0.6 is 12.2 Å². The molecule has 112 valence electrons. The minimum atomic E-state index is -0.310. The second kappa shape index (κ2) is 5.90. The van der Waals surface area contributed by atoms with E-state index in [0.29, 0.717) is 28.4 Å². The fourth-order valence-corrected chi connectivity index (χ4v) is 2.24. The summed E-state index contributed by atoms with van der Waals surface area (Å²) < 4.78 is 6.92. The Balaban J connectivity index is 1.93. The molecule has 2 heterocycles. The van der Waals surface area contributed by atoms with E-state index in [1.807, 2.05) is 13.0 Å². The van der Waals surface area contributed by atoms with Crippen molar-refractivity contribution >= 4 is 23.9 Å². The van der Waals surface area contributed by atoms with Gasteiger partial charge < -0.3 is 5.32 Å². The average molecular weight is 316 g/mol. The van der Waals surface area contributed by atoms with Crippen LogP contribution in [0.3, 0.4) is 0 Å². The van der Waals surface area contributed by atoms with Gasteiger partial charge in [-0.15, -0.1) is 0 Å². The van der Waals surface area contributed by atoms with Crippen molar-refractivity contribution in [3.8, 4) is 11.5 Å². The highest BCUT2D eigenvalue weighted by Crippen LogP contribution is 2.23. The fourth-order valence-electron chi connectivity index (χ4n) is 1.98. The van der Waals surface area contributed by atoms with Crippen LogP contribution in [-0.2, 0) is 6.54 Å². The number of hydrogen-bond donors (Lipinski definition) is 2. The van der Waals surface area contributed by atoms with Gasteiger partial charge in [-0.05, 0) is 41.6 Å². The van der Waals surface area contributed by atoms with Gasteiger partial charge in [0.15, 0.2) is 16.3 Å². The lowest BCUT2D eigenvalue weighted by atomic mass is 10.2. The first kappa shape index (κ1) is 14.1. The molecule has 2 N–H and O–H groups in total. The van der Waals surface area contributed by atoms with Gasteiger partial charge in [-0.2, -0.15) is 5.10 Å². The highest BCUT2D eigenvalue weighted by atomic mass is 32.1. The Labute approximate surface area is 130 Å². The van der Waals surface area contributed by atoms with Crippen molar-refractivity contribution in [1.82, 2.24) is 25.1 Å². The minimum Gasteiger partial charge on any atom is -0.302 e. The molecular weight excluding hydrogens is 304 g/mol. The van der Waals surface area contributed by atoms with Crippen LogP contribution in [0.1, 0.15) is 17.3 Å². The highest BCUT2D eigenvalue weighted by Gasteiger charge is 2.20. The summed E-state index contributed by atoms with van der Waals surface area (Å²) in [6.45, 7) is 2.52. The largest absolute Gasteiger partial charge is 0.302 e. The number of amides is 1. The summed E-state index contributed by atoms with van der Waals surface area (Å²) >= 11 is 5.13. The third-order valence-corrected chi connectivity index (χ3v) is 3.35. The average Bonchev–Trinajstić information content (AvgIpc) is 3.14. The molecule has 3 aromatic rings. The van der Waals surface area contributed by atoms with Gasteiger partial charge in [0.2, 0.25) is 5.82 Å². The molecule has 0 atom stereocenters. The standard InChI is InChI=1S/C13H12N6O2S/c1-2-19-11(15-16-13(19)22)9-10(18-21-17-9)14-12(20)8-6-4-3-5-7-8/h3-7H,2H2,1H3,(H,16,22)(H,14,18,20). The molecule has 0 aliphatic rings. The van der Waals surface area contributed by atoms with E-state index in [-0.39, 0.29) is 11.7 Å². The van der Waals surface area contributed by atoms with Crippen LogP contribution < -0.4 is 5.32 Å². The van der Waals surface area contributed by atoms with Crippen molar-refractivity contribution < 1.29 is 9.42 Å². The first-order valence-corrected chi connectivity index (χ1v) is 6.96. The molecule has 22 heavy (non-hydrogen) atoms. The highest BCUT2D eigenvalue weighted by molar-refractivity contribution is 7.71. The van der Waals surface area contributed by atoms with Crippen molar-refractivity contribution in [2.24, 2.45) is 0 Å². The summed E-state index contributed by atoms with van der Waals surface area (Å²) in [5.41, 5.74) is 0.823. The fraction of sp³-hybridized carbons (Fsp3) is 0.154. The van der Waals surface area contributed by atoms with Crippen molar-refractivity contribution in [3.63, 3.8) is 0 Å². The molecule has 0 radical (unpaired) electrons. The van der Waals surface area contributed by atoms with Crippen molar-refractivity contribution in [2.75, 3.05) is 5.32 Å². The summed E-state index contributed by atoms with van der Waals surface area (Å²) in [6.07, 6.45) is 0. The van der Waals surface area contributed by atoms with E-state index in [0.717, 1.165) is 0 Å². The maximum atomic E-state index is 12.2. The first-order chi connectivity index (χ1) is 10.7. The molecule has 2 aromatic heterocycles. The predicted octanol–water partition coefficient (Wildman–Crippen LogP) is 2.26. The van der Waals surface area contributed by atoms with E-state index in [9.17, 15) is 4.79 Å². The molecule has 0 bridgehead atoms. The van der Waals surface area contributed by atoms with Crippen LogP contribution in [0, 0.1) is 4.77 Å². The van der Waals surface area contributed by atoms with Crippen molar-refractivity contribution in [1.29, 1.82) is 0 Å². The minimum absolute atomic E-state index is 0.192. The third kappa shape index (κ3) is 2.53. The first-order valence-electron chi connectivity index (χ1n) is 6.55. The van der Waals surface area contributed by atoms with Gasteiger partial charge in [0.1, 0.15) is 0 Å². The van der Waals surface area contributed by atoms with Crippen LogP contribution in [0.5, 0.6) is 0 Å². The summed E-state index contributed by atoms with van der Waals surface area (Å²) in [4.78, 5) is 12.2. The number of anilines is 1. The van der Waals surface area contributed by atoms with Crippen LogP contribution in [0.25, 0.3) is 11.5 Å². The summed E-state index contributed by atoms with van der Waals surface area (Å²) in [5.74, 6) is 0.337. The van der Waals surface area contributed by atoms with Gasteiger partial charge >= 0.3 is 0 Å². The van der Waals surface area contributed by atoms with E-state index in [1.54, 1.807) is 28.8 Å². The Bertz CT molecular complexity index is 851. The van der Waals surface area contributed by atoms with Crippen molar-refractivity contribution in [3.05, 3.63) is 40.7 Å². The van der Waals surface area contributed by atoms with Crippen LogP contribution in [-0.4, -0.2) is 31.0 Å². The summed E-state index contributed by atoms with van der Waals surface area (Å²) in [6, 6.07) is 8.78. The lowest BCUT2D eigenvalue weighted by Crippen LogP contribution is -2.13. The van der Waals surface area contributed by atoms with Crippen LogP contribution in [0.2, 0.25) is 0 Å². The predicted molar refractivity (Wildman–Crippen MR) is 80.8 cm³/mol. The van der Waals surface area contributed by atoms with Crippen molar-refractivity contribution in [2.45, 2.75) is 13.5 Å². The lowest BCUT2D eigenvalue weighted by Gasteiger charge is -2.03. The number of aromatic amines is 1. The smallest absolute Gasteiger partial charge is 0.256 e. The second-order valence-corrected chi connectivity index (χ2v) is 4.76. The number of rotatable bonds is 4. The number of aromatic nitrogens is 5. The lowest BCUT2D eigenvalue weighted by molar-refractivity contribution is 0.102. The van der Waals surface area contributed by atoms with Gasteiger partial charge in [0, 0.05) is 12.1 Å². The zero-order valence-electron chi connectivity index (χ0n) is 11.6. The van der Waals surface area contributed by atoms with Crippen LogP contribution in [0.15, 0.2) is 35.0 Å². The molecule has 0 aliphatic carbocycles. The second-order valence-electron chi connectivity index (χ2n) is 4.38. The molecule has 0 saturated heterocycles. The molecule has 0 unspecified atom stereocenters. The van der Waals surface area contributed by atoms with Gasteiger partial charge in [-0.3, -0.25) is 14.5 Å². The van der Waals surface area contributed by atoms with Gasteiger partial charge in [0.05, 0.1) is 0 Å². The van der Waals surface area contributed by atoms with E-state index in [4.69, 9.17) is 16.8 Å². The molecule has 9 heteroatoms. The molecule has 0 saturated carbocycles. The third-order valence-electron chi connectivity index (χ3n) is 3.04. The maximum absolute atomic E-state index is 12.2. The number of nitrogens with one attached hydrogen (secondary N) is 2. The Morgan fingerprint density at radius 2 is 2.14 bits per heavy atom. The Morgan fingerprint density at radius 1 is 1.36 bits per heavy atom. The number of carbonyl (C=O) groups is 1. The molecule has 8 nitrogen and oxygen atoms in total. The normalized spacial score (nSPS) is 10.6. The monoisotopic (exact) mass is 316 g/mol. The number of H-pyrrole nitrogens is 1. The van der Waals surface area contributed by atoms with E-state index >= 15 is 0 Å². The number of benzene rings is 1. The van der Waals surface area contributed by atoms with E-state index < -0.39 is 0 Å². The SMILES string of the molecule is CCn1c(-c2nonc2NC(=O)c2ccccc2)n[nH]c1=S. The molecule has 0 aliphatic heterocycles. The topological polar surface area (TPSA) is 102 Å². The number of nitrogens with zero attached hydrogens (tertiary/aromatic N) is 4. The van der Waals surface area contributed by atoms with E-state index in [1.165, 1.54) is 0 Å². The van der Waals surface area contributed by atoms with Gasteiger partial charge in [-0.25, -0.2) is 4.63 Å². The zero-order chi connectivity index (χ0) is 15.5. The maximum Gasteiger partial charge on any atom is 0.256 e. The summed E-state index contributed by atoms with van der Waals surface area (Å²) in [5, 5.41) is 17.0. The number of carbonyl (C=O) groups excluding carboxylic acids is 1. The van der Waals surface area contributed by atoms with E-state index in [2.05, 4.69) is 25.8 Å².